The average molecular weight is 317 g/mol. The van der Waals surface area contributed by atoms with Gasteiger partial charge in [0.05, 0.1) is 0 Å². The maximum absolute atomic E-state index is 12.7. The summed E-state index contributed by atoms with van der Waals surface area (Å²) in [4.78, 5) is 25.7. The number of rotatable bonds is 3. The highest BCUT2D eigenvalue weighted by Gasteiger charge is 2.22. The Balaban J connectivity index is 1.70. The molecule has 1 saturated heterocycles. The molecular weight excluding hydrogens is 290 g/mol. The second kappa shape index (κ2) is 7.25. The van der Waals surface area contributed by atoms with E-state index < -0.39 is 0 Å². The van der Waals surface area contributed by atoms with E-state index in [4.69, 9.17) is 0 Å². The lowest BCUT2D eigenvalue weighted by Gasteiger charge is -2.32. The van der Waals surface area contributed by atoms with Crippen LogP contribution in [0.1, 0.15) is 48.4 Å². The predicted molar refractivity (Wildman–Crippen MR) is 90.7 cm³/mol. The predicted octanol–water partition coefficient (Wildman–Crippen LogP) is 1.92. The molecule has 0 radical (unpaired) electrons. The number of carbonyl (C=O) groups excluding carboxylic acids is 1. The van der Waals surface area contributed by atoms with Gasteiger partial charge in [0.2, 0.25) is 0 Å². The molecule has 0 atom stereocenters. The molecule has 23 heavy (non-hydrogen) atoms. The van der Waals surface area contributed by atoms with Gasteiger partial charge in [-0.05, 0) is 26.8 Å². The van der Waals surface area contributed by atoms with Crippen LogP contribution in [-0.2, 0) is 0 Å². The highest BCUT2D eigenvalue weighted by Crippen LogP contribution is 2.21. The Morgan fingerprint density at radius 1 is 1.13 bits per heavy atom. The van der Waals surface area contributed by atoms with Gasteiger partial charge in [0.25, 0.3) is 5.91 Å². The molecule has 3 rings (SSSR count). The number of nitrogens with zero attached hydrogens (tertiary/aromatic N) is 4. The number of anilines is 1. The maximum atomic E-state index is 12.7. The Labute approximate surface area is 138 Å². The van der Waals surface area contributed by atoms with Crippen LogP contribution in [0.15, 0.2) is 6.07 Å². The van der Waals surface area contributed by atoms with Crippen molar-refractivity contribution in [3.8, 4) is 0 Å². The number of likely N-dealkylation sites (N-methyl/N-ethyl adjacent to an activating group) is 1. The average Bonchev–Trinajstić information content (AvgIpc) is 2.55. The minimum Gasteiger partial charge on any atom is -0.367 e. The van der Waals surface area contributed by atoms with Gasteiger partial charge in [0, 0.05) is 38.3 Å². The van der Waals surface area contributed by atoms with Crippen molar-refractivity contribution >= 4 is 11.7 Å². The molecule has 0 aromatic carbocycles. The smallest absolute Gasteiger partial charge is 0.272 e. The lowest BCUT2D eigenvalue weighted by Crippen LogP contribution is -2.47. The largest absolute Gasteiger partial charge is 0.367 e. The minimum atomic E-state index is 0.0234. The SMILES string of the molecule is Cc1nc(NC2CCCCC2)cc(C(=O)N2CCN(C)CC2)n1. The van der Waals surface area contributed by atoms with E-state index in [1.54, 1.807) is 0 Å². The summed E-state index contributed by atoms with van der Waals surface area (Å²) in [5, 5.41) is 3.50. The van der Waals surface area contributed by atoms with Crippen LogP contribution in [0.5, 0.6) is 0 Å². The molecular formula is C17H27N5O. The Hall–Kier alpha value is -1.69. The molecule has 0 spiro atoms. The lowest BCUT2D eigenvalue weighted by atomic mass is 9.95. The van der Waals surface area contributed by atoms with Crippen LogP contribution in [-0.4, -0.2) is 64.9 Å². The summed E-state index contributed by atoms with van der Waals surface area (Å²) in [7, 11) is 2.09. The van der Waals surface area contributed by atoms with Crippen LogP contribution < -0.4 is 5.32 Å². The zero-order chi connectivity index (χ0) is 16.2. The summed E-state index contributed by atoms with van der Waals surface area (Å²) < 4.78 is 0. The van der Waals surface area contributed by atoms with Crippen LogP contribution in [0, 0.1) is 6.92 Å². The van der Waals surface area contributed by atoms with Crippen LogP contribution in [0.2, 0.25) is 0 Å². The standard InChI is InChI=1S/C17H27N5O/c1-13-18-15(17(23)22-10-8-21(2)9-11-22)12-16(19-13)20-14-6-4-3-5-7-14/h12,14H,3-11H2,1-2H3,(H,18,19,20). The van der Waals surface area contributed by atoms with Crippen LogP contribution in [0.3, 0.4) is 0 Å². The molecule has 1 aliphatic carbocycles. The van der Waals surface area contributed by atoms with Crippen molar-refractivity contribution in [2.75, 3.05) is 38.5 Å². The summed E-state index contributed by atoms with van der Waals surface area (Å²) in [6.45, 7) is 5.23. The molecule has 1 amide bonds. The van der Waals surface area contributed by atoms with Crippen molar-refractivity contribution in [3.63, 3.8) is 0 Å². The number of hydrogen-bond donors (Lipinski definition) is 1. The van der Waals surface area contributed by atoms with Crippen LogP contribution in [0.25, 0.3) is 0 Å². The first kappa shape index (κ1) is 16.2. The Bertz CT molecular complexity index is 548. The van der Waals surface area contributed by atoms with Gasteiger partial charge in [0.1, 0.15) is 17.3 Å². The van der Waals surface area contributed by atoms with Crippen molar-refractivity contribution in [1.82, 2.24) is 19.8 Å². The van der Waals surface area contributed by atoms with Crippen molar-refractivity contribution in [1.29, 1.82) is 0 Å². The van der Waals surface area contributed by atoms with Gasteiger partial charge in [-0.25, -0.2) is 9.97 Å². The van der Waals surface area contributed by atoms with E-state index >= 15 is 0 Å². The molecule has 1 N–H and O–H groups in total. The van der Waals surface area contributed by atoms with Crippen LogP contribution >= 0.6 is 0 Å². The fourth-order valence-electron chi connectivity index (χ4n) is 3.38. The highest BCUT2D eigenvalue weighted by atomic mass is 16.2. The molecule has 6 nitrogen and oxygen atoms in total. The summed E-state index contributed by atoms with van der Waals surface area (Å²) in [5.74, 6) is 1.47. The topological polar surface area (TPSA) is 61.4 Å². The molecule has 0 bridgehead atoms. The number of aryl methyl sites for hydroxylation is 1. The van der Waals surface area contributed by atoms with Crippen molar-refractivity contribution in [2.24, 2.45) is 0 Å². The molecule has 1 saturated carbocycles. The summed E-state index contributed by atoms with van der Waals surface area (Å²) in [6, 6.07) is 2.30. The first-order chi connectivity index (χ1) is 11.1. The molecule has 0 unspecified atom stereocenters. The fraction of sp³-hybridized carbons (Fsp3) is 0.706. The van der Waals surface area contributed by atoms with Gasteiger partial charge in [-0.2, -0.15) is 0 Å². The van der Waals surface area contributed by atoms with Gasteiger partial charge >= 0.3 is 0 Å². The third-order valence-electron chi connectivity index (χ3n) is 4.80. The van der Waals surface area contributed by atoms with E-state index in [0.717, 1.165) is 32.0 Å². The first-order valence-corrected chi connectivity index (χ1v) is 8.72. The second-order valence-corrected chi connectivity index (χ2v) is 6.76. The number of aromatic nitrogens is 2. The van der Waals surface area contributed by atoms with Crippen LogP contribution in [0.4, 0.5) is 5.82 Å². The quantitative estimate of drug-likeness (QED) is 0.923. The first-order valence-electron chi connectivity index (χ1n) is 8.72. The minimum absolute atomic E-state index is 0.0234. The summed E-state index contributed by atoms with van der Waals surface area (Å²) >= 11 is 0. The van der Waals surface area contributed by atoms with Gasteiger partial charge in [-0.15, -0.1) is 0 Å². The highest BCUT2D eigenvalue weighted by molar-refractivity contribution is 5.93. The maximum Gasteiger partial charge on any atom is 0.272 e. The molecule has 126 valence electrons. The van der Waals surface area contributed by atoms with E-state index in [1.807, 2.05) is 17.9 Å². The number of carbonyl (C=O) groups is 1. The molecule has 1 aliphatic heterocycles. The number of hydrogen-bond acceptors (Lipinski definition) is 5. The van der Waals surface area contributed by atoms with Crippen molar-refractivity contribution < 1.29 is 4.79 Å². The molecule has 2 fully saturated rings. The molecule has 1 aromatic rings. The lowest BCUT2D eigenvalue weighted by molar-refractivity contribution is 0.0658. The molecule has 2 heterocycles. The van der Waals surface area contributed by atoms with E-state index in [2.05, 4.69) is 27.2 Å². The normalized spacial score (nSPS) is 20.5. The summed E-state index contributed by atoms with van der Waals surface area (Å²) in [5.41, 5.74) is 0.514. The molecule has 6 heteroatoms. The molecule has 1 aromatic heterocycles. The third kappa shape index (κ3) is 4.19. The fourth-order valence-corrected chi connectivity index (χ4v) is 3.38. The Morgan fingerprint density at radius 3 is 2.52 bits per heavy atom. The van der Waals surface area contributed by atoms with Gasteiger partial charge in [-0.1, -0.05) is 19.3 Å². The van der Waals surface area contributed by atoms with E-state index in [-0.39, 0.29) is 5.91 Å². The van der Waals surface area contributed by atoms with Crippen molar-refractivity contribution in [2.45, 2.75) is 45.1 Å². The Morgan fingerprint density at radius 2 is 1.83 bits per heavy atom. The van der Waals surface area contributed by atoms with E-state index in [1.165, 1.54) is 32.1 Å². The van der Waals surface area contributed by atoms with Gasteiger partial charge in [0.15, 0.2) is 0 Å². The number of piperazine rings is 1. The van der Waals surface area contributed by atoms with Gasteiger partial charge < -0.3 is 15.1 Å². The summed E-state index contributed by atoms with van der Waals surface area (Å²) in [6.07, 6.45) is 6.24. The van der Waals surface area contributed by atoms with E-state index in [0.29, 0.717) is 17.6 Å². The zero-order valence-electron chi connectivity index (χ0n) is 14.2. The van der Waals surface area contributed by atoms with Gasteiger partial charge in [-0.3, -0.25) is 4.79 Å². The van der Waals surface area contributed by atoms with E-state index in [9.17, 15) is 4.79 Å². The van der Waals surface area contributed by atoms with Crippen molar-refractivity contribution in [3.05, 3.63) is 17.6 Å². The molecule has 2 aliphatic rings. The monoisotopic (exact) mass is 317 g/mol. The zero-order valence-corrected chi connectivity index (χ0v) is 14.2. The second-order valence-electron chi connectivity index (χ2n) is 6.76. The Kier molecular flexibility index (Phi) is 5.10. The number of amides is 1. The third-order valence-corrected chi connectivity index (χ3v) is 4.80. The number of nitrogens with one attached hydrogen (secondary N) is 1.